The van der Waals surface area contributed by atoms with Gasteiger partial charge in [0.1, 0.15) is 6.07 Å². The summed E-state index contributed by atoms with van der Waals surface area (Å²) >= 11 is 5.77. The van der Waals surface area contributed by atoms with Crippen molar-refractivity contribution in [1.29, 1.82) is 5.26 Å². The standard InChI is InChI=1S/C11H12ClN3O3S/c1-8(16)14-4-5-15-19(17,18)10-3-2-9(7-13)11(12)6-10/h2-3,6,15H,4-5H2,1H3,(H,14,16). The minimum Gasteiger partial charge on any atom is -0.355 e. The van der Waals surface area contributed by atoms with E-state index >= 15 is 0 Å². The second-order valence-corrected chi connectivity index (χ2v) is 5.81. The number of carbonyl (C=O) groups is 1. The van der Waals surface area contributed by atoms with Crippen LogP contribution in [0, 0.1) is 11.3 Å². The number of sulfonamides is 1. The van der Waals surface area contributed by atoms with E-state index in [1.54, 1.807) is 0 Å². The molecule has 0 saturated heterocycles. The lowest BCUT2D eigenvalue weighted by molar-refractivity contribution is -0.118. The maximum absolute atomic E-state index is 11.9. The first-order chi connectivity index (χ1) is 8.86. The minimum atomic E-state index is -3.70. The van der Waals surface area contributed by atoms with Gasteiger partial charge in [0.05, 0.1) is 15.5 Å². The van der Waals surface area contributed by atoms with Gasteiger partial charge < -0.3 is 5.32 Å². The number of hydrogen-bond donors (Lipinski definition) is 2. The molecule has 0 saturated carbocycles. The Kier molecular flexibility index (Phi) is 5.30. The molecule has 102 valence electrons. The summed E-state index contributed by atoms with van der Waals surface area (Å²) in [6.45, 7) is 1.60. The molecule has 1 rings (SSSR count). The summed E-state index contributed by atoms with van der Waals surface area (Å²) in [5.41, 5.74) is 0.207. The van der Waals surface area contributed by atoms with E-state index in [1.165, 1.54) is 25.1 Å². The van der Waals surface area contributed by atoms with Gasteiger partial charge in [0.2, 0.25) is 15.9 Å². The topological polar surface area (TPSA) is 99.1 Å². The molecule has 0 radical (unpaired) electrons. The lowest BCUT2D eigenvalue weighted by atomic mass is 10.2. The van der Waals surface area contributed by atoms with Crippen LogP contribution in [0.25, 0.3) is 0 Å². The van der Waals surface area contributed by atoms with Crippen molar-refractivity contribution in [1.82, 2.24) is 10.0 Å². The van der Waals surface area contributed by atoms with Gasteiger partial charge in [0.25, 0.3) is 0 Å². The molecule has 6 nitrogen and oxygen atoms in total. The summed E-state index contributed by atoms with van der Waals surface area (Å²) in [6, 6.07) is 5.69. The molecule has 0 atom stereocenters. The molecule has 0 aromatic heterocycles. The van der Waals surface area contributed by atoms with Crippen LogP contribution in [-0.4, -0.2) is 27.4 Å². The van der Waals surface area contributed by atoms with E-state index < -0.39 is 10.0 Å². The summed E-state index contributed by atoms with van der Waals surface area (Å²) in [5, 5.41) is 11.2. The molecular weight excluding hydrogens is 290 g/mol. The summed E-state index contributed by atoms with van der Waals surface area (Å²) in [7, 11) is -3.70. The van der Waals surface area contributed by atoms with Crippen molar-refractivity contribution in [2.45, 2.75) is 11.8 Å². The molecule has 1 aromatic carbocycles. The molecule has 8 heteroatoms. The Labute approximate surface area is 116 Å². The average molecular weight is 302 g/mol. The molecule has 0 aliphatic rings. The predicted octanol–water partition coefficient (Wildman–Crippen LogP) is 0.626. The number of nitrogens with one attached hydrogen (secondary N) is 2. The van der Waals surface area contributed by atoms with Crippen molar-refractivity contribution < 1.29 is 13.2 Å². The van der Waals surface area contributed by atoms with Crippen LogP contribution >= 0.6 is 11.6 Å². The highest BCUT2D eigenvalue weighted by Gasteiger charge is 2.15. The molecule has 0 unspecified atom stereocenters. The smallest absolute Gasteiger partial charge is 0.240 e. The fraction of sp³-hybridized carbons (Fsp3) is 0.273. The first-order valence-electron chi connectivity index (χ1n) is 5.30. The van der Waals surface area contributed by atoms with Gasteiger partial charge in [0.15, 0.2) is 0 Å². The first kappa shape index (κ1) is 15.4. The van der Waals surface area contributed by atoms with Crippen molar-refractivity contribution in [2.24, 2.45) is 0 Å². The Bertz CT molecular complexity index is 623. The fourth-order valence-corrected chi connectivity index (χ4v) is 2.61. The number of halogens is 1. The van der Waals surface area contributed by atoms with Gasteiger partial charge in [-0.15, -0.1) is 0 Å². The maximum atomic E-state index is 11.9. The molecule has 1 aromatic rings. The van der Waals surface area contributed by atoms with Crippen LogP contribution < -0.4 is 10.0 Å². The fourth-order valence-electron chi connectivity index (χ4n) is 1.26. The summed E-state index contributed by atoms with van der Waals surface area (Å²) in [4.78, 5) is 10.6. The van der Waals surface area contributed by atoms with Gasteiger partial charge >= 0.3 is 0 Å². The summed E-state index contributed by atoms with van der Waals surface area (Å²) in [5.74, 6) is -0.236. The number of nitrogens with zero attached hydrogens (tertiary/aromatic N) is 1. The zero-order valence-electron chi connectivity index (χ0n) is 10.1. The van der Waals surface area contributed by atoms with Crippen LogP contribution in [0.3, 0.4) is 0 Å². The Morgan fingerprint density at radius 3 is 2.63 bits per heavy atom. The Morgan fingerprint density at radius 1 is 1.42 bits per heavy atom. The molecule has 1 amide bonds. The van der Waals surface area contributed by atoms with E-state index in [1.807, 2.05) is 6.07 Å². The zero-order valence-corrected chi connectivity index (χ0v) is 11.7. The van der Waals surface area contributed by atoms with E-state index in [-0.39, 0.29) is 34.5 Å². The van der Waals surface area contributed by atoms with E-state index in [0.29, 0.717) is 0 Å². The first-order valence-corrected chi connectivity index (χ1v) is 7.16. The van der Waals surface area contributed by atoms with Crippen LogP contribution in [0.1, 0.15) is 12.5 Å². The number of rotatable bonds is 5. The monoisotopic (exact) mass is 301 g/mol. The molecule has 19 heavy (non-hydrogen) atoms. The third kappa shape index (κ3) is 4.52. The number of benzene rings is 1. The number of nitriles is 1. The van der Waals surface area contributed by atoms with Gasteiger partial charge in [0, 0.05) is 20.0 Å². The van der Waals surface area contributed by atoms with E-state index in [2.05, 4.69) is 10.0 Å². The highest BCUT2D eigenvalue weighted by Crippen LogP contribution is 2.19. The maximum Gasteiger partial charge on any atom is 0.240 e. The average Bonchev–Trinajstić information content (AvgIpc) is 2.34. The molecular formula is C11H12ClN3O3S. The zero-order chi connectivity index (χ0) is 14.5. The quantitative estimate of drug-likeness (QED) is 0.779. The van der Waals surface area contributed by atoms with Crippen molar-refractivity contribution in [2.75, 3.05) is 13.1 Å². The number of amides is 1. The molecule has 0 heterocycles. The van der Waals surface area contributed by atoms with Crippen LogP contribution in [0.5, 0.6) is 0 Å². The van der Waals surface area contributed by atoms with Crippen molar-refractivity contribution in [3.05, 3.63) is 28.8 Å². The van der Waals surface area contributed by atoms with Crippen LogP contribution in [0.4, 0.5) is 0 Å². The summed E-state index contributed by atoms with van der Waals surface area (Å²) in [6.07, 6.45) is 0. The van der Waals surface area contributed by atoms with Gasteiger partial charge in [-0.3, -0.25) is 4.79 Å². The Balaban J connectivity index is 2.75. The molecule has 0 aliphatic heterocycles. The van der Waals surface area contributed by atoms with E-state index in [0.717, 1.165) is 0 Å². The second-order valence-electron chi connectivity index (χ2n) is 3.63. The summed E-state index contributed by atoms with van der Waals surface area (Å²) < 4.78 is 26.0. The Morgan fingerprint density at radius 2 is 2.11 bits per heavy atom. The predicted molar refractivity (Wildman–Crippen MR) is 70.0 cm³/mol. The third-order valence-electron chi connectivity index (χ3n) is 2.16. The molecule has 2 N–H and O–H groups in total. The van der Waals surface area contributed by atoms with E-state index in [9.17, 15) is 13.2 Å². The molecule has 0 spiro atoms. The van der Waals surface area contributed by atoms with Gasteiger partial charge in [-0.05, 0) is 18.2 Å². The Hall–Kier alpha value is -1.62. The van der Waals surface area contributed by atoms with Crippen molar-refractivity contribution in [3.8, 4) is 6.07 Å². The second kappa shape index (κ2) is 6.52. The number of carbonyl (C=O) groups excluding carboxylic acids is 1. The molecule has 0 fully saturated rings. The number of hydrogen-bond acceptors (Lipinski definition) is 4. The van der Waals surface area contributed by atoms with Crippen LogP contribution in [-0.2, 0) is 14.8 Å². The third-order valence-corrected chi connectivity index (χ3v) is 3.93. The van der Waals surface area contributed by atoms with Crippen LogP contribution in [0.15, 0.2) is 23.1 Å². The lowest BCUT2D eigenvalue weighted by Gasteiger charge is -2.07. The van der Waals surface area contributed by atoms with Crippen molar-refractivity contribution >= 4 is 27.5 Å². The SMILES string of the molecule is CC(=O)NCCNS(=O)(=O)c1ccc(C#N)c(Cl)c1. The normalized spacial score (nSPS) is 10.8. The largest absolute Gasteiger partial charge is 0.355 e. The van der Waals surface area contributed by atoms with E-state index in [4.69, 9.17) is 16.9 Å². The highest BCUT2D eigenvalue weighted by atomic mass is 35.5. The van der Waals surface area contributed by atoms with Gasteiger partial charge in [-0.1, -0.05) is 11.6 Å². The van der Waals surface area contributed by atoms with Gasteiger partial charge in [-0.25, -0.2) is 13.1 Å². The minimum absolute atomic E-state index is 0.0284. The lowest BCUT2D eigenvalue weighted by Crippen LogP contribution is -2.33. The van der Waals surface area contributed by atoms with Crippen LogP contribution in [0.2, 0.25) is 5.02 Å². The molecule has 0 bridgehead atoms. The highest BCUT2D eigenvalue weighted by molar-refractivity contribution is 7.89. The van der Waals surface area contributed by atoms with Gasteiger partial charge in [-0.2, -0.15) is 5.26 Å². The van der Waals surface area contributed by atoms with Crippen molar-refractivity contribution in [3.63, 3.8) is 0 Å². The molecule has 0 aliphatic carbocycles.